The molecule has 0 N–H and O–H groups in total. The SMILES string of the molecule is CC1(C)CN(Cc2cccnc2Cl)CCN1Cc1ccccc1. The Hall–Kier alpha value is -1.42. The molecule has 1 aromatic heterocycles. The van der Waals surface area contributed by atoms with Gasteiger partial charge in [0.15, 0.2) is 0 Å². The minimum absolute atomic E-state index is 0.142. The van der Waals surface area contributed by atoms with Crippen LogP contribution in [0.2, 0.25) is 5.15 Å². The molecule has 0 atom stereocenters. The lowest BCUT2D eigenvalue weighted by atomic mass is 9.97. The van der Waals surface area contributed by atoms with Crippen LogP contribution in [0, 0.1) is 0 Å². The molecule has 0 amide bonds. The molecule has 0 unspecified atom stereocenters. The third-order valence-electron chi connectivity index (χ3n) is 4.60. The van der Waals surface area contributed by atoms with Crippen molar-refractivity contribution in [2.75, 3.05) is 19.6 Å². The molecule has 0 spiro atoms. The third-order valence-corrected chi connectivity index (χ3v) is 4.94. The molecule has 1 aliphatic rings. The van der Waals surface area contributed by atoms with Gasteiger partial charge in [-0.3, -0.25) is 9.80 Å². The molecule has 0 aliphatic carbocycles. The summed E-state index contributed by atoms with van der Waals surface area (Å²) in [6.45, 7) is 9.69. The summed E-state index contributed by atoms with van der Waals surface area (Å²) >= 11 is 6.20. The summed E-state index contributed by atoms with van der Waals surface area (Å²) < 4.78 is 0. The van der Waals surface area contributed by atoms with Gasteiger partial charge in [0.1, 0.15) is 5.15 Å². The first kappa shape index (κ1) is 16.4. The van der Waals surface area contributed by atoms with Crippen molar-refractivity contribution >= 4 is 11.6 Å². The number of benzene rings is 1. The van der Waals surface area contributed by atoms with Crippen LogP contribution in [0.15, 0.2) is 48.7 Å². The first-order chi connectivity index (χ1) is 11.0. The first-order valence-electron chi connectivity index (χ1n) is 8.15. The maximum Gasteiger partial charge on any atom is 0.133 e. The Balaban J connectivity index is 1.64. The molecule has 0 bridgehead atoms. The number of rotatable bonds is 4. The highest BCUT2D eigenvalue weighted by Gasteiger charge is 2.33. The lowest BCUT2D eigenvalue weighted by molar-refractivity contribution is 0.0103. The molecule has 1 aliphatic heterocycles. The average Bonchev–Trinajstić information content (AvgIpc) is 2.53. The van der Waals surface area contributed by atoms with Crippen molar-refractivity contribution in [1.82, 2.24) is 14.8 Å². The monoisotopic (exact) mass is 329 g/mol. The van der Waals surface area contributed by atoms with Gasteiger partial charge in [-0.25, -0.2) is 4.98 Å². The van der Waals surface area contributed by atoms with Crippen LogP contribution in [0.1, 0.15) is 25.0 Å². The van der Waals surface area contributed by atoms with Crippen LogP contribution in [0.25, 0.3) is 0 Å². The molecule has 23 heavy (non-hydrogen) atoms. The number of pyridine rings is 1. The van der Waals surface area contributed by atoms with Gasteiger partial charge in [0, 0.05) is 50.0 Å². The second kappa shape index (κ2) is 7.00. The van der Waals surface area contributed by atoms with Gasteiger partial charge in [-0.05, 0) is 25.5 Å². The van der Waals surface area contributed by atoms with E-state index in [1.165, 1.54) is 5.56 Å². The fourth-order valence-corrected chi connectivity index (χ4v) is 3.48. The quantitative estimate of drug-likeness (QED) is 0.795. The molecule has 122 valence electrons. The van der Waals surface area contributed by atoms with Gasteiger partial charge in [-0.1, -0.05) is 48.0 Å². The summed E-state index contributed by atoms with van der Waals surface area (Å²) in [4.78, 5) is 9.23. The Bertz CT molecular complexity index is 642. The van der Waals surface area contributed by atoms with Crippen LogP contribution in [0.4, 0.5) is 0 Å². The molecule has 3 rings (SSSR count). The lowest BCUT2D eigenvalue weighted by Crippen LogP contribution is -2.58. The van der Waals surface area contributed by atoms with Gasteiger partial charge in [0.05, 0.1) is 0 Å². The van der Waals surface area contributed by atoms with Crippen molar-refractivity contribution < 1.29 is 0 Å². The van der Waals surface area contributed by atoms with Crippen molar-refractivity contribution in [2.45, 2.75) is 32.5 Å². The largest absolute Gasteiger partial charge is 0.296 e. The summed E-state index contributed by atoms with van der Waals surface area (Å²) in [5.74, 6) is 0. The van der Waals surface area contributed by atoms with Crippen LogP contribution < -0.4 is 0 Å². The van der Waals surface area contributed by atoms with Gasteiger partial charge in [0.2, 0.25) is 0 Å². The van der Waals surface area contributed by atoms with Crippen LogP contribution in [-0.4, -0.2) is 40.0 Å². The van der Waals surface area contributed by atoms with Gasteiger partial charge >= 0.3 is 0 Å². The molecule has 1 aromatic carbocycles. The first-order valence-corrected chi connectivity index (χ1v) is 8.53. The maximum atomic E-state index is 6.20. The zero-order chi connectivity index (χ0) is 16.3. The van der Waals surface area contributed by atoms with E-state index in [0.29, 0.717) is 5.15 Å². The molecule has 2 aromatic rings. The number of piperazine rings is 1. The van der Waals surface area contributed by atoms with E-state index < -0.39 is 0 Å². The van der Waals surface area contributed by atoms with Crippen LogP contribution in [0.5, 0.6) is 0 Å². The lowest BCUT2D eigenvalue weighted by Gasteiger charge is -2.47. The molecule has 1 fully saturated rings. The Morgan fingerprint density at radius 2 is 1.83 bits per heavy atom. The molecule has 1 saturated heterocycles. The van der Waals surface area contributed by atoms with E-state index in [1.807, 2.05) is 6.07 Å². The van der Waals surface area contributed by atoms with Crippen molar-refractivity contribution in [3.8, 4) is 0 Å². The van der Waals surface area contributed by atoms with E-state index in [4.69, 9.17) is 11.6 Å². The zero-order valence-electron chi connectivity index (χ0n) is 13.9. The number of halogens is 1. The highest BCUT2D eigenvalue weighted by Crippen LogP contribution is 2.25. The molecule has 0 saturated carbocycles. The third kappa shape index (κ3) is 4.11. The second-order valence-electron chi connectivity index (χ2n) is 6.88. The van der Waals surface area contributed by atoms with Gasteiger partial charge < -0.3 is 0 Å². The smallest absolute Gasteiger partial charge is 0.133 e. The predicted molar refractivity (Wildman–Crippen MR) is 95.5 cm³/mol. The van der Waals surface area contributed by atoms with E-state index in [9.17, 15) is 0 Å². The molecule has 2 heterocycles. The minimum atomic E-state index is 0.142. The molecule has 0 radical (unpaired) electrons. The van der Waals surface area contributed by atoms with E-state index in [0.717, 1.165) is 38.3 Å². The fourth-order valence-electron chi connectivity index (χ4n) is 3.30. The molecule has 3 nitrogen and oxygen atoms in total. The standard InChI is InChI=1S/C19H24ClN3/c1-19(2)15-22(14-17-9-6-10-21-18(17)20)11-12-23(19)13-16-7-4-3-5-8-16/h3-10H,11-15H2,1-2H3. The van der Waals surface area contributed by atoms with Crippen molar-refractivity contribution in [3.05, 3.63) is 64.9 Å². The summed E-state index contributed by atoms with van der Waals surface area (Å²) in [5, 5.41) is 0.622. The Morgan fingerprint density at radius 1 is 1.04 bits per heavy atom. The molecular weight excluding hydrogens is 306 g/mol. The topological polar surface area (TPSA) is 19.4 Å². The van der Waals surface area contributed by atoms with E-state index in [2.05, 4.69) is 65.0 Å². The Kier molecular flexibility index (Phi) is 5.00. The molecule has 4 heteroatoms. The Labute approximate surface area is 143 Å². The van der Waals surface area contributed by atoms with Crippen LogP contribution in [0.3, 0.4) is 0 Å². The van der Waals surface area contributed by atoms with Gasteiger partial charge in [-0.2, -0.15) is 0 Å². The van der Waals surface area contributed by atoms with E-state index >= 15 is 0 Å². The summed E-state index contributed by atoms with van der Waals surface area (Å²) in [5.41, 5.74) is 2.63. The fraction of sp³-hybridized carbons (Fsp3) is 0.421. The highest BCUT2D eigenvalue weighted by molar-refractivity contribution is 6.30. The highest BCUT2D eigenvalue weighted by atomic mass is 35.5. The number of hydrogen-bond acceptors (Lipinski definition) is 3. The molecular formula is C19H24ClN3. The normalized spacial score (nSPS) is 18.9. The maximum absolute atomic E-state index is 6.20. The van der Waals surface area contributed by atoms with Gasteiger partial charge in [-0.15, -0.1) is 0 Å². The number of hydrogen-bond donors (Lipinski definition) is 0. The second-order valence-corrected chi connectivity index (χ2v) is 7.24. The van der Waals surface area contributed by atoms with Crippen molar-refractivity contribution in [3.63, 3.8) is 0 Å². The van der Waals surface area contributed by atoms with E-state index in [-0.39, 0.29) is 5.54 Å². The summed E-state index contributed by atoms with van der Waals surface area (Å²) in [7, 11) is 0. The minimum Gasteiger partial charge on any atom is -0.296 e. The van der Waals surface area contributed by atoms with Crippen LogP contribution >= 0.6 is 11.6 Å². The van der Waals surface area contributed by atoms with Gasteiger partial charge in [0.25, 0.3) is 0 Å². The zero-order valence-corrected chi connectivity index (χ0v) is 14.6. The number of aromatic nitrogens is 1. The summed E-state index contributed by atoms with van der Waals surface area (Å²) in [6.07, 6.45) is 1.74. The predicted octanol–water partition coefficient (Wildman–Crippen LogP) is 3.83. The number of nitrogens with zero attached hydrogens (tertiary/aromatic N) is 3. The van der Waals surface area contributed by atoms with E-state index in [1.54, 1.807) is 6.20 Å². The van der Waals surface area contributed by atoms with Crippen molar-refractivity contribution in [2.24, 2.45) is 0 Å². The van der Waals surface area contributed by atoms with Crippen LogP contribution in [-0.2, 0) is 13.1 Å². The van der Waals surface area contributed by atoms with Crippen molar-refractivity contribution in [1.29, 1.82) is 0 Å². The average molecular weight is 330 g/mol. The summed E-state index contributed by atoms with van der Waals surface area (Å²) in [6, 6.07) is 14.7. The Morgan fingerprint density at radius 3 is 2.52 bits per heavy atom.